The van der Waals surface area contributed by atoms with Crippen LogP contribution in [0.4, 0.5) is 0 Å². The maximum absolute atomic E-state index is 11.9. The fraction of sp³-hybridized carbons (Fsp3) is 0.562. The number of ether oxygens (including phenoxy) is 1. The smallest absolute Gasteiger partial charge is 0.306 e. The summed E-state index contributed by atoms with van der Waals surface area (Å²) in [6.07, 6.45) is 5.53. The number of nitrogens with zero attached hydrogens (tertiary/aromatic N) is 1. The standard InChI is InChI=1S/C16H23NO4/c1-4-6-8-10-15(19)21-12(3)13-11-17(16(13)20)14(18)9-7-5-2/h4-5,12-13H,1-2,6-11H2,3H3/t12-,13+/m1/s1. The van der Waals surface area contributed by atoms with E-state index in [1.807, 2.05) is 0 Å². The summed E-state index contributed by atoms with van der Waals surface area (Å²) >= 11 is 0. The second-order valence-electron chi connectivity index (χ2n) is 5.15. The zero-order valence-electron chi connectivity index (χ0n) is 12.5. The highest BCUT2D eigenvalue weighted by atomic mass is 16.5. The van der Waals surface area contributed by atoms with E-state index in [4.69, 9.17) is 4.74 Å². The van der Waals surface area contributed by atoms with Gasteiger partial charge in [0.15, 0.2) is 0 Å². The molecule has 116 valence electrons. The molecular weight excluding hydrogens is 270 g/mol. The van der Waals surface area contributed by atoms with Crippen molar-refractivity contribution in [2.75, 3.05) is 6.54 Å². The SMILES string of the molecule is C=CCCCC(=O)O[C@H](C)[C@@H]1CN(C(=O)CCC=C)C1=O. The van der Waals surface area contributed by atoms with Crippen LogP contribution in [0.5, 0.6) is 0 Å². The van der Waals surface area contributed by atoms with Gasteiger partial charge in [-0.05, 0) is 26.2 Å². The van der Waals surface area contributed by atoms with E-state index < -0.39 is 12.0 Å². The van der Waals surface area contributed by atoms with Crippen LogP contribution in [0.3, 0.4) is 0 Å². The van der Waals surface area contributed by atoms with Gasteiger partial charge in [0.2, 0.25) is 11.8 Å². The Morgan fingerprint density at radius 1 is 1.33 bits per heavy atom. The number of likely N-dealkylation sites (tertiary alicyclic amines) is 1. The fourth-order valence-electron chi connectivity index (χ4n) is 2.13. The number of carbonyl (C=O) groups is 3. The van der Waals surface area contributed by atoms with Crippen molar-refractivity contribution in [1.82, 2.24) is 4.90 Å². The average Bonchev–Trinajstić information content (AvgIpc) is 2.43. The second kappa shape index (κ2) is 8.39. The lowest BCUT2D eigenvalue weighted by atomic mass is 9.92. The molecule has 0 N–H and O–H groups in total. The van der Waals surface area contributed by atoms with E-state index in [-0.39, 0.29) is 24.2 Å². The average molecular weight is 293 g/mol. The van der Waals surface area contributed by atoms with Crippen LogP contribution in [0.1, 0.15) is 39.0 Å². The van der Waals surface area contributed by atoms with Gasteiger partial charge in [-0.1, -0.05) is 12.2 Å². The molecule has 2 amide bonds. The quantitative estimate of drug-likeness (QED) is 0.283. The maximum atomic E-state index is 11.9. The number of unbranched alkanes of at least 4 members (excludes halogenated alkanes) is 1. The zero-order chi connectivity index (χ0) is 15.8. The van der Waals surface area contributed by atoms with Crippen molar-refractivity contribution >= 4 is 17.8 Å². The van der Waals surface area contributed by atoms with E-state index in [1.54, 1.807) is 19.1 Å². The summed E-state index contributed by atoms with van der Waals surface area (Å²) in [5.74, 6) is -1.16. The van der Waals surface area contributed by atoms with Crippen molar-refractivity contribution in [2.45, 2.75) is 45.1 Å². The summed E-state index contributed by atoms with van der Waals surface area (Å²) in [5, 5.41) is 0. The Balaban J connectivity index is 2.34. The lowest BCUT2D eigenvalue weighted by Gasteiger charge is -2.39. The van der Waals surface area contributed by atoms with Crippen LogP contribution in [-0.2, 0) is 19.1 Å². The maximum Gasteiger partial charge on any atom is 0.306 e. The van der Waals surface area contributed by atoms with Gasteiger partial charge in [-0.3, -0.25) is 19.3 Å². The predicted octanol–water partition coefficient (Wildman–Crippen LogP) is 2.23. The molecule has 21 heavy (non-hydrogen) atoms. The molecule has 1 aliphatic rings. The van der Waals surface area contributed by atoms with Gasteiger partial charge in [0.05, 0.1) is 5.92 Å². The first-order valence-electron chi connectivity index (χ1n) is 7.26. The second-order valence-corrected chi connectivity index (χ2v) is 5.15. The molecule has 1 fully saturated rings. The molecule has 0 aromatic rings. The molecule has 0 unspecified atom stereocenters. The Morgan fingerprint density at radius 2 is 2.00 bits per heavy atom. The molecule has 0 saturated carbocycles. The number of amides is 2. The molecule has 1 aliphatic heterocycles. The van der Waals surface area contributed by atoms with Gasteiger partial charge in [0.25, 0.3) is 0 Å². The van der Waals surface area contributed by atoms with Gasteiger partial charge in [-0.25, -0.2) is 0 Å². The molecule has 0 aromatic heterocycles. The molecule has 5 heteroatoms. The number of hydrogen-bond donors (Lipinski definition) is 0. The van der Waals surface area contributed by atoms with E-state index >= 15 is 0 Å². The van der Waals surface area contributed by atoms with Gasteiger partial charge in [0, 0.05) is 19.4 Å². The highest BCUT2D eigenvalue weighted by Crippen LogP contribution is 2.24. The van der Waals surface area contributed by atoms with Gasteiger partial charge >= 0.3 is 5.97 Å². The van der Waals surface area contributed by atoms with Gasteiger partial charge < -0.3 is 4.74 Å². The van der Waals surface area contributed by atoms with Crippen LogP contribution in [0.15, 0.2) is 25.3 Å². The minimum atomic E-state index is -0.489. The van der Waals surface area contributed by atoms with Crippen molar-refractivity contribution in [3.8, 4) is 0 Å². The van der Waals surface area contributed by atoms with Crippen LogP contribution < -0.4 is 0 Å². The minimum Gasteiger partial charge on any atom is -0.462 e. The summed E-state index contributed by atoms with van der Waals surface area (Å²) < 4.78 is 5.23. The Bertz CT molecular complexity index is 430. The normalized spacial score (nSPS) is 18.6. The van der Waals surface area contributed by atoms with Crippen molar-refractivity contribution in [2.24, 2.45) is 5.92 Å². The lowest BCUT2D eigenvalue weighted by molar-refractivity contribution is -0.169. The third-order valence-electron chi connectivity index (χ3n) is 3.50. The zero-order valence-corrected chi connectivity index (χ0v) is 12.5. The minimum absolute atomic E-state index is 0.194. The van der Waals surface area contributed by atoms with Crippen LogP contribution in [0.2, 0.25) is 0 Å². The van der Waals surface area contributed by atoms with E-state index in [0.717, 1.165) is 6.42 Å². The first kappa shape index (κ1) is 17.1. The van der Waals surface area contributed by atoms with E-state index in [1.165, 1.54) is 4.90 Å². The number of esters is 1. The Hall–Kier alpha value is -1.91. The van der Waals surface area contributed by atoms with Crippen molar-refractivity contribution in [3.63, 3.8) is 0 Å². The predicted molar refractivity (Wildman–Crippen MR) is 79.2 cm³/mol. The summed E-state index contributed by atoms with van der Waals surface area (Å²) in [6, 6.07) is 0. The first-order chi connectivity index (χ1) is 10.0. The molecule has 1 heterocycles. The number of carbonyl (C=O) groups excluding carboxylic acids is 3. The van der Waals surface area contributed by atoms with Gasteiger partial charge in [0.1, 0.15) is 6.10 Å². The number of imide groups is 1. The molecule has 5 nitrogen and oxygen atoms in total. The molecular formula is C16H23NO4. The van der Waals surface area contributed by atoms with Crippen LogP contribution in [-0.4, -0.2) is 35.3 Å². The monoisotopic (exact) mass is 293 g/mol. The van der Waals surface area contributed by atoms with E-state index in [0.29, 0.717) is 25.8 Å². The summed E-state index contributed by atoms with van der Waals surface area (Å²) in [7, 11) is 0. The fourth-order valence-corrected chi connectivity index (χ4v) is 2.13. The molecule has 0 spiro atoms. The summed E-state index contributed by atoms with van der Waals surface area (Å²) in [5.41, 5.74) is 0. The number of rotatable bonds is 9. The molecule has 2 atom stereocenters. The van der Waals surface area contributed by atoms with Crippen molar-refractivity contribution < 1.29 is 19.1 Å². The molecule has 1 rings (SSSR count). The van der Waals surface area contributed by atoms with Gasteiger partial charge in [-0.15, -0.1) is 13.2 Å². The van der Waals surface area contributed by atoms with Gasteiger partial charge in [-0.2, -0.15) is 0 Å². The Morgan fingerprint density at radius 3 is 2.57 bits per heavy atom. The van der Waals surface area contributed by atoms with Crippen molar-refractivity contribution in [3.05, 3.63) is 25.3 Å². The van der Waals surface area contributed by atoms with E-state index in [2.05, 4.69) is 13.2 Å². The highest BCUT2D eigenvalue weighted by Gasteiger charge is 2.44. The molecule has 0 bridgehead atoms. The number of allylic oxidation sites excluding steroid dienone is 2. The largest absolute Gasteiger partial charge is 0.462 e. The summed E-state index contributed by atoms with van der Waals surface area (Å²) in [4.78, 5) is 36.4. The molecule has 0 radical (unpaired) electrons. The topological polar surface area (TPSA) is 63.7 Å². The van der Waals surface area contributed by atoms with Crippen LogP contribution >= 0.6 is 0 Å². The lowest BCUT2D eigenvalue weighted by Crippen LogP contribution is -2.59. The third kappa shape index (κ3) is 4.85. The Kier molecular flexibility index (Phi) is 6.85. The van der Waals surface area contributed by atoms with E-state index in [9.17, 15) is 14.4 Å². The molecule has 0 aliphatic carbocycles. The summed E-state index contributed by atoms with van der Waals surface area (Å²) in [6.45, 7) is 9.15. The van der Waals surface area contributed by atoms with Crippen molar-refractivity contribution in [1.29, 1.82) is 0 Å². The highest BCUT2D eigenvalue weighted by molar-refractivity contribution is 6.01. The van der Waals surface area contributed by atoms with Crippen LogP contribution in [0.25, 0.3) is 0 Å². The molecule has 1 saturated heterocycles. The number of hydrogen-bond acceptors (Lipinski definition) is 4. The third-order valence-corrected chi connectivity index (χ3v) is 3.50. The Labute approximate surface area is 125 Å². The first-order valence-corrected chi connectivity index (χ1v) is 7.26. The van der Waals surface area contributed by atoms with Crippen LogP contribution in [0, 0.1) is 5.92 Å². The molecule has 0 aromatic carbocycles. The number of β-lactam (4-membered cyclic amide) rings is 1.